The number of benzene rings is 1. The molecule has 1 aromatic carbocycles. The summed E-state index contributed by atoms with van der Waals surface area (Å²) in [5.41, 5.74) is 1.19. The van der Waals surface area contributed by atoms with Crippen molar-refractivity contribution in [3.8, 4) is 0 Å². The molecule has 1 saturated heterocycles. The van der Waals surface area contributed by atoms with Crippen LogP contribution in [0.5, 0.6) is 0 Å². The van der Waals surface area contributed by atoms with Gasteiger partial charge in [-0.1, -0.05) is 36.9 Å². The Kier molecular flexibility index (Phi) is 5.51. The summed E-state index contributed by atoms with van der Waals surface area (Å²) in [6, 6.07) is 8.35. The van der Waals surface area contributed by atoms with Gasteiger partial charge in [-0.3, -0.25) is 0 Å². The average Bonchev–Trinajstić information content (AvgIpc) is 3.39. The van der Waals surface area contributed by atoms with Crippen molar-refractivity contribution in [3.05, 3.63) is 47.0 Å². The average molecular weight is 327 g/mol. The molecule has 1 aromatic heterocycles. The number of fused-ring (bicyclic) bond motifs is 1. The Hall–Kier alpha value is -1.88. The van der Waals surface area contributed by atoms with Crippen LogP contribution in [0.15, 0.2) is 36.4 Å². The number of allylic oxidation sites excluding steroid dienone is 1. The number of para-hydroxylation sites is 1. The van der Waals surface area contributed by atoms with Gasteiger partial charge in [0, 0.05) is 35.1 Å². The highest BCUT2D eigenvalue weighted by atomic mass is 16.6. The summed E-state index contributed by atoms with van der Waals surface area (Å²) >= 11 is 0. The summed E-state index contributed by atoms with van der Waals surface area (Å²) in [4.78, 5) is 0. The van der Waals surface area contributed by atoms with Gasteiger partial charge in [-0.25, -0.2) is 0 Å². The molecule has 2 atom stereocenters. The van der Waals surface area contributed by atoms with E-state index >= 15 is 0 Å². The predicted octanol–water partition coefficient (Wildman–Crippen LogP) is 1.84. The number of aromatic nitrogens is 1. The molecule has 0 bridgehead atoms. The van der Waals surface area contributed by atoms with E-state index in [9.17, 15) is 0 Å². The molecule has 1 aliphatic heterocycles. The topological polar surface area (TPSA) is 35.9 Å². The molecular weight excluding hydrogens is 302 g/mol. The molecule has 0 radical (unpaired) electrons. The van der Waals surface area contributed by atoms with Crippen LogP contribution >= 0.6 is 0 Å². The third-order valence-electron chi connectivity index (χ3n) is 4.22. The normalized spacial score (nSPS) is 19.4. The first-order valence-electron chi connectivity index (χ1n) is 8.37. The molecule has 128 valence electrons. The van der Waals surface area contributed by atoms with Crippen LogP contribution in [0.3, 0.4) is 0 Å². The minimum absolute atomic E-state index is 0.0653. The summed E-state index contributed by atoms with van der Waals surface area (Å²) in [7, 11) is 1.72. The minimum atomic E-state index is 0.0653. The van der Waals surface area contributed by atoms with Gasteiger partial charge in [0.15, 0.2) is 0 Å². The lowest BCUT2D eigenvalue weighted by Gasteiger charge is -2.06. The summed E-state index contributed by atoms with van der Waals surface area (Å²) in [6.45, 7) is 9.27. The zero-order valence-electron chi connectivity index (χ0n) is 14.4. The molecule has 1 fully saturated rings. The van der Waals surface area contributed by atoms with Crippen LogP contribution in [0, 0.1) is 0 Å². The van der Waals surface area contributed by atoms with E-state index in [1.807, 2.05) is 19.1 Å². The Morgan fingerprint density at radius 1 is 1.42 bits per heavy atom. The SMILES string of the molecule is C=c1/c(=C\C=C/C(C)OCC2CO2)n(CCOC)c2ccccc12. The zero-order chi connectivity index (χ0) is 16.9. The molecule has 3 rings (SSSR count). The number of epoxide rings is 1. The Balaban J connectivity index is 1.85. The first-order chi connectivity index (χ1) is 11.7. The van der Waals surface area contributed by atoms with E-state index in [0.29, 0.717) is 19.3 Å². The van der Waals surface area contributed by atoms with E-state index in [1.54, 1.807) is 7.11 Å². The maximum Gasteiger partial charge on any atom is 0.104 e. The number of rotatable bonds is 8. The largest absolute Gasteiger partial charge is 0.383 e. The number of hydrogen-bond donors (Lipinski definition) is 0. The lowest BCUT2D eigenvalue weighted by molar-refractivity contribution is 0.0832. The lowest BCUT2D eigenvalue weighted by atomic mass is 10.2. The Bertz CT molecular complexity index is 817. The molecule has 0 amide bonds. The second-order valence-electron chi connectivity index (χ2n) is 6.07. The molecular formula is C20H25NO3. The third kappa shape index (κ3) is 3.96. The molecule has 0 aliphatic carbocycles. The van der Waals surface area contributed by atoms with Crippen molar-refractivity contribution < 1.29 is 14.2 Å². The molecule has 2 unspecified atom stereocenters. The highest BCUT2D eigenvalue weighted by molar-refractivity contribution is 5.81. The van der Waals surface area contributed by atoms with Crippen LogP contribution in [-0.2, 0) is 20.8 Å². The van der Waals surface area contributed by atoms with Crippen molar-refractivity contribution in [1.29, 1.82) is 0 Å². The fourth-order valence-electron chi connectivity index (χ4n) is 2.79. The maximum absolute atomic E-state index is 5.71. The lowest BCUT2D eigenvalue weighted by Crippen LogP contribution is -2.29. The quantitative estimate of drug-likeness (QED) is 0.694. The highest BCUT2D eigenvalue weighted by Crippen LogP contribution is 2.10. The number of nitrogens with zero attached hydrogens (tertiary/aromatic N) is 1. The van der Waals surface area contributed by atoms with Crippen LogP contribution in [-0.4, -0.2) is 43.7 Å². The molecule has 4 nitrogen and oxygen atoms in total. The molecule has 24 heavy (non-hydrogen) atoms. The van der Waals surface area contributed by atoms with Gasteiger partial charge in [0.1, 0.15) is 6.10 Å². The molecule has 1 aliphatic rings. The van der Waals surface area contributed by atoms with Crippen molar-refractivity contribution in [2.75, 3.05) is 26.9 Å². The van der Waals surface area contributed by atoms with Crippen LogP contribution < -0.4 is 10.6 Å². The number of ether oxygens (including phenoxy) is 3. The van der Waals surface area contributed by atoms with E-state index in [1.165, 1.54) is 10.9 Å². The number of methoxy groups -OCH3 is 1. The van der Waals surface area contributed by atoms with Crippen molar-refractivity contribution in [2.45, 2.75) is 25.7 Å². The number of hydrogen-bond acceptors (Lipinski definition) is 3. The fourth-order valence-corrected chi connectivity index (χ4v) is 2.79. The van der Waals surface area contributed by atoms with Crippen molar-refractivity contribution >= 4 is 23.6 Å². The summed E-state index contributed by atoms with van der Waals surface area (Å²) in [5.74, 6) is 0. The smallest absolute Gasteiger partial charge is 0.104 e. The van der Waals surface area contributed by atoms with Gasteiger partial charge < -0.3 is 18.8 Å². The Morgan fingerprint density at radius 2 is 2.21 bits per heavy atom. The molecule has 2 aromatic rings. The molecule has 2 heterocycles. The van der Waals surface area contributed by atoms with E-state index in [2.05, 4.69) is 41.5 Å². The van der Waals surface area contributed by atoms with Crippen molar-refractivity contribution in [3.63, 3.8) is 0 Å². The van der Waals surface area contributed by atoms with Gasteiger partial charge in [0.25, 0.3) is 0 Å². The predicted molar refractivity (Wildman–Crippen MR) is 97.3 cm³/mol. The second-order valence-corrected chi connectivity index (χ2v) is 6.07. The summed E-state index contributed by atoms with van der Waals surface area (Å²) in [6.07, 6.45) is 6.57. The van der Waals surface area contributed by atoms with Gasteiger partial charge in [0.2, 0.25) is 0 Å². The van der Waals surface area contributed by atoms with E-state index in [0.717, 1.165) is 23.7 Å². The Labute approximate surface area is 142 Å². The molecule has 0 saturated carbocycles. The highest BCUT2D eigenvalue weighted by Gasteiger charge is 2.22. The summed E-state index contributed by atoms with van der Waals surface area (Å²) in [5, 5.41) is 3.34. The second kappa shape index (κ2) is 7.79. The van der Waals surface area contributed by atoms with Crippen molar-refractivity contribution in [1.82, 2.24) is 4.57 Å². The third-order valence-corrected chi connectivity index (χ3v) is 4.22. The van der Waals surface area contributed by atoms with Gasteiger partial charge in [-0.15, -0.1) is 0 Å². The first kappa shape index (κ1) is 17.0. The van der Waals surface area contributed by atoms with Crippen LogP contribution in [0.4, 0.5) is 0 Å². The Morgan fingerprint density at radius 3 is 2.96 bits per heavy atom. The zero-order valence-corrected chi connectivity index (χ0v) is 14.4. The van der Waals surface area contributed by atoms with Crippen molar-refractivity contribution in [2.24, 2.45) is 0 Å². The van der Waals surface area contributed by atoms with Gasteiger partial charge in [-0.05, 0) is 19.1 Å². The first-order valence-corrected chi connectivity index (χ1v) is 8.37. The van der Waals surface area contributed by atoms with Crippen LogP contribution in [0.1, 0.15) is 6.92 Å². The standard InChI is InChI=1S/C20H25NO3/c1-15(23-13-17-14-24-17)7-6-10-19-16(2)18-8-4-5-9-20(18)21(19)11-12-22-3/h4-10,15,17H,2,11-14H2,1,3H3/b7-6-,19-10+. The van der Waals surface area contributed by atoms with Crippen LogP contribution in [0.25, 0.3) is 23.6 Å². The van der Waals surface area contributed by atoms with E-state index in [-0.39, 0.29) is 6.10 Å². The van der Waals surface area contributed by atoms with E-state index in [4.69, 9.17) is 14.2 Å². The van der Waals surface area contributed by atoms with Gasteiger partial charge in [-0.2, -0.15) is 0 Å². The minimum Gasteiger partial charge on any atom is -0.383 e. The monoisotopic (exact) mass is 327 g/mol. The fraction of sp³-hybridized carbons (Fsp3) is 0.400. The maximum atomic E-state index is 5.71. The molecule has 0 spiro atoms. The van der Waals surface area contributed by atoms with E-state index < -0.39 is 0 Å². The summed E-state index contributed by atoms with van der Waals surface area (Å²) < 4.78 is 18.4. The van der Waals surface area contributed by atoms with Gasteiger partial charge >= 0.3 is 0 Å². The molecule has 4 heteroatoms. The molecule has 0 N–H and O–H groups in total. The van der Waals surface area contributed by atoms with Crippen LogP contribution in [0.2, 0.25) is 0 Å². The van der Waals surface area contributed by atoms with Gasteiger partial charge in [0.05, 0.1) is 25.9 Å².